The molecule has 1 aromatic carbocycles. The van der Waals surface area contributed by atoms with E-state index >= 15 is 4.39 Å². The summed E-state index contributed by atoms with van der Waals surface area (Å²) in [7, 11) is 1.60. The molecule has 0 unspecified atom stereocenters. The molecule has 34 heavy (non-hydrogen) atoms. The van der Waals surface area contributed by atoms with Crippen LogP contribution >= 0.6 is 11.3 Å². The number of benzene rings is 1. The van der Waals surface area contributed by atoms with E-state index < -0.39 is 12.1 Å². The lowest BCUT2D eigenvalue weighted by Gasteiger charge is -2.38. The molecule has 0 bridgehead atoms. The third-order valence-electron chi connectivity index (χ3n) is 7.04. The number of likely N-dealkylation sites (tertiary alicyclic amines) is 1. The van der Waals surface area contributed by atoms with Gasteiger partial charge in [-0.05, 0) is 109 Å². The van der Waals surface area contributed by atoms with Crippen LogP contribution < -0.4 is 4.74 Å². The van der Waals surface area contributed by atoms with E-state index in [4.69, 9.17) is 4.74 Å². The van der Waals surface area contributed by atoms with Gasteiger partial charge in [-0.1, -0.05) is 0 Å². The number of carboxylic acids is 1. The molecule has 0 amide bonds. The van der Waals surface area contributed by atoms with Crippen LogP contribution in [-0.2, 0) is 11.2 Å². The van der Waals surface area contributed by atoms with E-state index in [2.05, 4.69) is 26.7 Å². The number of nitrogens with zero attached hydrogens (tertiary/aromatic N) is 2. The fourth-order valence-electron chi connectivity index (χ4n) is 5.20. The van der Waals surface area contributed by atoms with Gasteiger partial charge >= 0.3 is 5.97 Å². The number of aromatic nitrogens is 1. The molecule has 5 nitrogen and oxygen atoms in total. The molecular formula is C27H33FN2O3S. The molecule has 0 radical (unpaired) electrons. The molecule has 3 atom stereocenters. The second-order valence-electron chi connectivity index (χ2n) is 9.27. The van der Waals surface area contributed by atoms with Crippen molar-refractivity contribution in [1.82, 2.24) is 9.88 Å². The third kappa shape index (κ3) is 6.33. The Kier molecular flexibility index (Phi) is 8.51. The first-order chi connectivity index (χ1) is 16.5. The highest BCUT2D eigenvalue weighted by atomic mass is 32.1. The summed E-state index contributed by atoms with van der Waals surface area (Å²) >= 11 is 1.72. The molecule has 182 valence electrons. The summed E-state index contributed by atoms with van der Waals surface area (Å²) in [5, 5.41) is 14.6. The highest BCUT2D eigenvalue weighted by molar-refractivity contribution is 7.07. The zero-order valence-corrected chi connectivity index (χ0v) is 20.5. The molecule has 0 aliphatic carbocycles. The van der Waals surface area contributed by atoms with E-state index in [1.54, 1.807) is 30.7 Å². The van der Waals surface area contributed by atoms with Gasteiger partial charge in [-0.3, -0.25) is 9.78 Å². The second kappa shape index (κ2) is 11.8. The summed E-state index contributed by atoms with van der Waals surface area (Å²) in [5.74, 6) is 0.208. The Morgan fingerprint density at radius 3 is 2.97 bits per heavy atom. The number of rotatable bonds is 11. The number of aliphatic carboxylic acids is 1. The van der Waals surface area contributed by atoms with Crippen LogP contribution in [0.5, 0.6) is 5.75 Å². The van der Waals surface area contributed by atoms with Gasteiger partial charge < -0.3 is 14.7 Å². The van der Waals surface area contributed by atoms with E-state index in [1.165, 1.54) is 5.56 Å². The van der Waals surface area contributed by atoms with Gasteiger partial charge in [0.1, 0.15) is 11.9 Å². The first-order valence-corrected chi connectivity index (χ1v) is 13.0. The molecule has 7 heteroatoms. The van der Waals surface area contributed by atoms with E-state index in [1.807, 2.05) is 18.2 Å². The maximum atomic E-state index is 15.4. The number of halogens is 1. The fourth-order valence-corrected chi connectivity index (χ4v) is 5.90. The van der Waals surface area contributed by atoms with Crippen molar-refractivity contribution in [2.24, 2.45) is 11.8 Å². The number of methoxy groups -OCH3 is 1. The Balaban J connectivity index is 1.35. The summed E-state index contributed by atoms with van der Waals surface area (Å²) in [6.07, 6.45) is 4.81. The van der Waals surface area contributed by atoms with Gasteiger partial charge in [0.15, 0.2) is 0 Å². The van der Waals surface area contributed by atoms with Crippen LogP contribution in [0.15, 0.2) is 47.3 Å². The molecule has 4 rings (SSSR count). The lowest BCUT2D eigenvalue weighted by Crippen LogP contribution is -2.42. The average molecular weight is 485 g/mol. The van der Waals surface area contributed by atoms with Crippen molar-refractivity contribution in [3.8, 4) is 5.75 Å². The second-order valence-corrected chi connectivity index (χ2v) is 10.1. The molecule has 0 saturated carbocycles. The third-order valence-corrected chi connectivity index (χ3v) is 7.78. The molecule has 1 aliphatic heterocycles. The minimum absolute atomic E-state index is 0.0638. The summed E-state index contributed by atoms with van der Waals surface area (Å²) in [4.78, 5) is 18.3. The number of carboxylic acid groups (broad SMARTS) is 1. The standard InChI is InChI=1S/C27H33FN2O3S/c1-33-22-5-7-26-24(16-22)23(8-11-29-26)25(28)6-4-20-9-13-30(17-21(20)15-27(31)32)12-2-3-19-10-14-34-18-19/h5,7-8,10-11,14,16,18,20-21,25H,2-4,6,9,12-13,15,17H2,1H3,(H,31,32)/t20-,21+,25-/m1/s1. The van der Waals surface area contributed by atoms with E-state index in [9.17, 15) is 9.90 Å². The predicted octanol–water partition coefficient (Wildman–Crippen LogP) is 6.14. The molecule has 3 heterocycles. The average Bonchev–Trinajstić information content (AvgIpc) is 3.36. The fraction of sp³-hybridized carbons (Fsp3) is 0.481. The van der Waals surface area contributed by atoms with Gasteiger partial charge in [-0.2, -0.15) is 11.3 Å². The Labute approximate surface area is 204 Å². The van der Waals surface area contributed by atoms with Crippen molar-refractivity contribution >= 4 is 28.2 Å². The van der Waals surface area contributed by atoms with Crippen molar-refractivity contribution < 1.29 is 19.0 Å². The Morgan fingerprint density at radius 2 is 2.21 bits per heavy atom. The topological polar surface area (TPSA) is 62.7 Å². The molecule has 1 fully saturated rings. The van der Waals surface area contributed by atoms with Gasteiger partial charge in [-0.25, -0.2) is 4.39 Å². The van der Waals surface area contributed by atoms with Crippen molar-refractivity contribution in [2.75, 3.05) is 26.7 Å². The first kappa shape index (κ1) is 24.6. The number of thiophene rings is 1. The van der Waals surface area contributed by atoms with Gasteiger partial charge in [0, 0.05) is 24.5 Å². The summed E-state index contributed by atoms with van der Waals surface area (Å²) < 4.78 is 20.7. The van der Waals surface area contributed by atoms with Gasteiger partial charge in [0.2, 0.25) is 0 Å². The quantitative estimate of drug-likeness (QED) is 0.354. The van der Waals surface area contributed by atoms with Crippen LogP contribution in [0.1, 0.15) is 49.4 Å². The molecule has 1 N–H and O–H groups in total. The highest BCUT2D eigenvalue weighted by Gasteiger charge is 2.31. The van der Waals surface area contributed by atoms with E-state index in [0.29, 0.717) is 24.2 Å². The normalized spacial score (nSPS) is 19.8. The molecule has 1 saturated heterocycles. The first-order valence-electron chi connectivity index (χ1n) is 12.1. The zero-order valence-electron chi connectivity index (χ0n) is 19.7. The van der Waals surface area contributed by atoms with Crippen LogP contribution in [0.2, 0.25) is 0 Å². The maximum Gasteiger partial charge on any atom is 0.303 e. The molecule has 1 aliphatic rings. The number of aryl methyl sites for hydroxylation is 1. The Morgan fingerprint density at radius 1 is 1.32 bits per heavy atom. The largest absolute Gasteiger partial charge is 0.497 e. The van der Waals surface area contributed by atoms with Crippen molar-refractivity contribution in [2.45, 2.75) is 44.7 Å². The number of piperidine rings is 1. The summed E-state index contributed by atoms with van der Waals surface area (Å²) in [6, 6.07) is 9.43. The van der Waals surface area contributed by atoms with Crippen molar-refractivity contribution in [1.29, 1.82) is 0 Å². The van der Waals surface area contributed by atoms with Crippen LogP contribution in [0.25, 0.3) is 10.9 Å². The minimum Gasteiger partial charge on any atom is -0.497 e. The predicted molar refractivity (Wildman–Crippen MR) is 134 cm³/mol. The molecule has 2 aromatic heterocycles. The molecular weight excluding hydrogens is 451 g/mol. The monoisotopic (exact) mass is 484 g/mol. The SMILES string of the molecule is COc1ccc2nccc([C@H](F)CC[C@@H]3CCN(CCCc4ccsc4)C[C@@H]3CC(=O)O)c2c1. The van der Waals surface area contributed by atoms with Crippen molar-refractivity contribution in [3.63, 3.8) is 0 Å². The molecule has 3 aromatic rings. The van der Waals surface area contributed by atoms with Crippen LogP contribution in [-0.4, -0.2) is 47.7 Å². The zero-order chi connectivity index (χ0) is 23.9. The van der Waals surface area contributed by atoms with E-state index in [-0.39, 0.29) is 18.3 Å². The number of carbonyl (C=O) groups is 1. The number of ether oxygens (including phenoxy) is 1. The Hall–Kier alpha value is -2.51. The van der Waals surface area contributed by atoms with Crippen LogP contribution in [0.3, 0.4) is 0 Å². The lowest BCUT2D eigenvalue weighted by atomic mass is 9.79. The number of hydrogen-bond donors (Lipinski definition) is 1. The molecule has 0 spiro atoms. The van der Waals surface area contributed by atoms with Gasteiger partial charge in [0.05, 0.1) is 12.6 Å². The van der Waals surface area contributed by atoms with Crippen LogP contribution in [0, 0.1) is 11.8 Å². The number of hydrogen-bond acceptors (Lipinski definition) is 5. The summed E-state index contributed by atoms with van der Waals surface area (Å²) in [5.41, 5.74) is 2.75. The number of fused-ring (bicyclic) bond motifs is 1. The van der Waals surface area contributed by atoms with E-state index in [0.717, 1.165) is 49.8 Å². The Bertz CT molecular complexity index is 1070. The number of pyridine rings is 1. The smallest absolute Gasteiger partial charge is 0.303 e. The van der Waals surface area contributed by atoms with Gasteiger partial charge in [-0.15, -0.1) is 0 Å². The lowest BCUT2D eigenvalue weighted by molar-refractivity contribution is -0.139. The van der Waals surface area contributed by atoms with Crippen molar-refractivity contribution in [3.05, 3.63) is 58.4 Å². The number of alkyl halides is 1. The van der Waals surface area contributed by atoms with Gasteiger partial charge in [0.25, 0.3) is 0 Å². The summed E-state index contributed by atoms with van der Waals surface area (Å²) in [6.45, 7) is 2.72. The van der Waals surface area contributed by atoms with Crippen LogP contribution in [0.4, 0.5) is 4.39 Å². The minimum atomic E-state index is -1.12. The highest BCUT2D eigenvalue weighted by Crippen LogP contribution is 2.36. The maximum absolute atomic E-state index is 15.4.